The van der Waals surface area contributed by atoms with Gasteiger partial charge in [0.25, 0.3) is 0 Å². The summed E-state index contributed by atoms with van der Waals surface area (Å²) in [7, 11) is 0. The van der Waals surface area contributed by atoms with Gasteiger partial charge in [-0.15, -0.1) is 0 Å². The average molecular weight is 257 g/mol. The minimum atomic E-state index is -0.468. The van der Waals surface area contributed by atoms with Gasteiger partial charge in [0.15, 0.2) is 0 Å². The van der Waals surface area contributed by atoms with Crippen molar-refractivity contribution in [2.45, 2.75) is 32.6 Å². The fourth-order valence-electron chi connectivity index (χ4n) is 2.22. The lowest BCUT2D eigenvalue weighted by molar-refractivity contribution is 0.486. The van der Waals surface area contributed by atoms with E-state index in [-0.39, 0.29) is 5.02 Å². The topological polar surface area (TPSA) is 38.0 Å². The van der Waals surface area contributed by atoms with Crippen LogP contribution in [0.2, 0.25) is 5.02 Å². The molecule has 4 heteroatoms. The maximum atomic E-state index is 13.1. The minimum absolute atomic E-state index is 0.113. The Labute approximate surface area is 106 Å². The van der Waals surface area contributed by atoms with E-state index in [0.29, 0.717) is 11.1 Å². The van der Waals surface area contributed by atoms with Crippen molar-refractivity contribution in [2.75, 3.05) is 17.6 Å². The molecular weight excluding hydrogens is 239 g/mol. The second-order valence-corrected chi connectivity index (χ2v) is 5.36. The van der Waals surface area contributed by atoms with Crippen molar-refractivity contribution in [2.24, 2.45) is 5.41 Å². The lowest BCUT2D eigenvalue weighted by Gasteiger charge is -2.17. The fraction of sp³-hybridized carbons (Fsp3) is 0.538. The third-order valence-corrected chi connectivity index (χ3v) is 3.77. The molecule has 1 aliphatic rings. The van der Waals surface area contributed by atoms with E-state index in [4.69, 9.17) is 17.3 Å². The highest BCUT2D eigenvalue weighted by molar-refractivity contribution is 6.31. The molecular formula is C13H18ClFN2. The predicted molar refractivity (Wildman–Crippen MR) is 70.9 cm³/mol. The van der Waals surface area contributed by atoms with E-state index in [1.165, 1.54) is 31.7 Å². The zero-order valence-corrected chi connectivity index (χ0v) is 10.8. The monoisotopic (exact) mass is 256 g/mol. The van der Waals surface area contributed by atoms with Crippen LogP contribution in [-0.4, -0.2) is 6.54 Å². The number of benzene rings is 1. The molecule has 2 nitrogen and oxygen atoms in total. The Kier molecular flexibility index (Phi) is 3.48. The Balaban J connectivity index is 2.02. The summed E-state index contributed by atoms with van der Waals surface area (Å²) in [5.41, 5.74) is 7.34. The Morgan fingerprint density at radius 1 is 1.47 bits per heavy atom. The number of nitrogen functional groups attached to an aromatic ring is 1. The Hall–Kier alpha value is -0.960. The second-order valence-electron chi connectivity index (χ2n) is 4.96. The number of nitrogens with two attached hydrogens (primary N) is 1. The van der Waals surface area contributed by atoms with Crippen LogP contribution in [0, 0.1) is 11.2 Å². The number of halogens is 2. The summed E-state index contributed by atoms with van der Waals surface area (Å²) in [5, 5.41) is 3.41. The summed E-state index contributed by atoms with van der Waals surface area (Å²) in [5.74, 6) is -0.468. The number of nitrogens with one attached hydrogen (secondary N) is 1. The van der Waals surface area contributed by atoms with Crippen molar-refractivity contribution < 1.29 is 4.39 Å². The van der Waals surface area contributed by atoms with Crippen LogP contribution >= 0.6 is 11.6 Å². The molecule has 1 aromatic carbocycles. The first-order valence-corrected chi connectivity index (χ1v) is 6.42. The molecule has 0 atom stereocenters. The lowest BCUT2D eigenvalue weighted by atomic mass is 10.0. The minimum Gasteiger partial charge on any atom is -0.397 e. The zero-order chi connectivity index (χ0) is 12.5. The molecule has 0 aromatic heterocycles. The average Bonchev–Trinajstić information content (AvgIpc) is 3.03. The van der Waals surface area contributed by atoms with Crippen LogP contribution in [0.4, 0.5) is 15.8 Å². The van der Waals surface area contributed by atoms with Crippen LogP contribution in [0.5, 0.6) is 0 Å². The van der Waals surface area contributed by atoms with Gasteiger partial charge in [0.1, 0.15) is 5.82 Å². The lowest BCUT2D eigenvalue weighted by Crippen LogP contribution is -2.16. The molecule has 1 aliphatic carbocycles. The maximum Gasteiger partial charge on any atom is 0.143 e. The van der Waals surface area contributed by atoms with Gasteiger partial charge < -0.3 is 11.1 Å². The van der Waals surface area contributed by atoms with Crippen LogP contribution < -0.4 is 11.1 Å². The quantitative estimate of drug-likeness (QED) is 0.780. The van der Waals surface area contributed by atoms with Gasteiger partial charge in [-0.25, -0.2) is 4.39 Å². The highest BCUT2D eigenvalue weighted by Crippen LogP contribution is 2.49. The van der Waals surface area contributed by atoms with E-state index in [2.05, 4.69) is 12.2 Å². The maximum absolute atomic E-state index is 13.1. The zero-order valence-electron chi connectivity index (χ0n) is 10.0. The number of anilines is 2. The SMILES string of the molecule is CCCC1(CNc2cc(Cl)c(F)cc2N)CC1. The summed E-state index contributed by atoms with van der Waals surface area (Å²) < 4.78 is 13.1. The van der Waals surface area contributed by atoms with Gasteiger partial charge in [0, 0.05) is 12.6 Å². The second kappa shape index (κ2) is 4.73. The summed E-state index contributed by atoms with van der Waals surface area (Å²) >= 11 is 5.74. The van der Waals surface area contributed by atoms with E-state index in [0.717, 1.165) is 12.2 Å². The molecule has 1 fully saturated rings. The van der Waals surface area contributed by atoms with Gasteiger partial charge >= 0.3 is 0 Å². The summed E-state index contributed by atoms with van der Waals surface area (Å²) in [6, 6.07) is 2.83. The van der Waals surface area contributed by atoms with Crippen LogP contribution in [0.1, 0.15) is 32.6 Å². The van der Waals surface area contributed by atoms with Gasteiger partial charge in [-0.3, -0.25) is 0 Å². The van der Waals surface area contributed by atoms with Crippen LogP contribution in [0.25, 0.3) is 0 Å². The molecule has 17 heavy (non-hydrogen) atoms. The van der Waals surface area contributed by atoms with E-state index < -0.39 is 5.82 Å². The van der Waals surface area contributed by atoms with Gasteiger partial charge in [0.05, 0.1) is 16.4 Å². The summed E-state index contributed by atoms with van der Waals surface area (Å²) in [6.07, 6.45) is 4.96. The molecule has 1 saturated carbocycles. The highest BCUT2D eigenvalue weighted by Gasteiger charge is 2.41. The fourth-order valence-corrected chi connectivity index (χ4v) is 2.38. The molecule has 1 aromatic rings. The predicted octanol–water partition coefficient (Wildman–Crippen LogP) is 4.05. The molecule has 94 valence electrons. The first kappa shape index (κ1) is 12.5. The molecule has 0 amide bonds. The molecule has 0 aliphatic heterocycles. The van der Waals surface area contributed by atoms with Crippen molar-refractivity contribution >= 4 is 23.0 Å². The van der Waals surface area contributed by atoms with Gasteiger partial charge in [-0.05, 0) is 30.7 Å². The van der Waals surface area contributed by atoms with Crippen molar-refractivity contribution in [3.8, 4) is 0 Å². The smallest absolute Gasteiger partial charge is 0.143 e. The molecule has 0 bridgehead atoms. The van der Waals surface area contributed by atoms with Gasteiger partial charge in [0.2, 0.25) is 0 Å². The molecule has 0 unspecified atom stereocenters. The van der Waals surface area contributed by atoms with Crippen molar-refractivity contribution in [1.82, 2.24) is 0 Å². The Morgan fingerprint density at radius 3 is 2.76 bits per heavy atom. The Bertz CT molecular complexity index is 416. The van der Waals surface area contributed by atoms with Crippen LogP contribution in [0.3, 0.4) is 0 Å². The molecule has 0 heterocycles. The van der Waals surface area contributed by atoms with E-state index in [9.17, 15) is 4.39 Å². The van der Waals surface area contributed by atoms with Gasteiger partial charge in [-0.1, -0.05) is 24.9 Å². The van der Waals surface area contributed by atoms with E-state index in [1.807, 2.05) is 0 Å². The largest absolute Gasteiger partial charge is 0.397 e. The Morgan fingerprint density at radius 2 is 2.18 bits per heavy atom. The molecule has 3 N–H and O–H groups in total. The van der Waals surface area contributed by atoms with Crippen molar-refractivity contribution in [1.29, 1.82) is 0 Å². The number of rotatable bonds is 5. The van der Waals surface area contributed by atoms with Gasteiger partial charge in [-0.2, -0.15) is 0 Å². The normalized spacial score (nSPS) is 16.9. The molecule has 0 radical (unpaired) electrons. The van der Waals surface area contributed by atoms with E-state index >= 15 is 0 Å². The number of hydrogen-bond donors (Lipinski definition) is 2. The third-order valence-electron chi connectivity index (χ3n) is 3.48. The first-order chi connectivity index (χ1) is 8.06. The highest BCUT2D eigenvalue weighted by atomic mass is 35.5. The van der Waals surface area contributed by atoms with Crippen LogP contribution in [0.15, 0.2) is 12.1 Å². The number of hydrogen-bond acceptors (Lipinski definition) is 2. The van der Waals surface area contributed by atoms with Crippen molar-refractivity contribution in [3.05, 3.63) is 23.0 Å². The first-order valence-electron chi connectivity index (χ1n) is 6.05. The molecule has 0 saturated heterocycles. The van der Waals surface area contributed by atoms with E-state index in [1.54, 1.807) is 6.07 Å². The standard InChI is InChI=1S/C13H18ClFN2/c1-2-3-13(4-5-13)8-17-12-6-9(14)10(15)7-11(12)16/h6-7,17H,2-5,8,16H2,1H3. The molecule has 2 rings (SSSR count). The summed E-state index contributed by atoms with van der Waals surface area (Å²) in [6.45, 7) is 3.09. The third kappa shape index (κ3) is 2.83. The molecule has 0 spiro atoms. The summed E-state index contributed by atoms with van der Waals surface area (Å²) in [4.78, 5) is 0. The van der Waals surface area contributed by atoms with Crippen LogP contribution in [-0.2, 0) is 0 Å². The van der Waals surface area contributed by atoms with Crippen molar-refractivity contribution in [3.63, 3.8) is 0 Å².